The largest absolute Gasteiger partial charge is 0.475 e. The average molecular weight is 211 g/mol. The summed E-state index contributed by atoms with van der Waals surface area (Å²) >= 11 is 0. The molecule has 15 heavy (non-hydrogen) atoms. The zero-order valence-electron chi connectivity index (χ0n) is 9.12. The van der Waals surface area contributed by atoms with Crippen LogP contribution in [-0.2, 0) is 0 Å². The molecule has 1 aromatic heterocycles. The van der Waals surface area contributed by atoms with Gasteiger partial charge in [-0.05, 0) is 19.4 Å². The van der Waals surface area contributed by atoms with E-state index in [1.807, 2.05) is 0 Å². The second-order valence-corrected chi connectivity index (χ2v) is 3.66. The molecule has 0 saturated heterocycles. The number of carboxylic acid groups (broad SMARTS) is 1. The number of hydrogen-bond acceptors (Lipinski definition) is 3. The van der Waals surface area contributed by atoms with Crippen LogP contribution in [0.25, 0.3) is 0 Å². The summed E-state index contributed by atoms with van der Waals surface area (Å²) in [6.07, 6.45) is 3.37. The maximum atomic E-state index is 10.6. The van der Waals surface area contributed by atoms with Crippen LogP contribution in [0.2, 0.25) is 0 Å². The molecule has 0 radical (unpaired) electrons. The minimum atomic E-state index is -1.04. The average Bonchev–Trinajstić information content (AvgIpc) is 2.63. The quantitative estimate of drug-likeness (QED) is 0.759. The van der Waals surface area contributed by atoms with Crippen molar-refractivity contribution in [1.29, 1.82) is 0 Å². The molecule has 1 rings (SSSR count). The molecule has 0 bridgehead atoms. The Labute approximate surface area is 89.3 Å². The molecule has 4 nitrogen and oxygen atoms in total. The summed E-state index contributed by atoms with van der Waals surface area (Å²) in [5.74, 6) is -0.541. The van der Waals surface area contributed by atoms with E-state index in [1.165, 1.54) is 6.07 Å². The topological polar surface area (TPSA) is 62.5 Å². The van der Waals surface area contributed by atoms with Crippen LogP contribution in [0.4, 0.5) is 5.88 Å². The van der Waals surface area contributed by atoms with Crippen molar-refractivity contribution in [3.05, 3.63) is 17.9 Å². The zero-order chi connectivity index (χ0) is 11.3. The van der Waals surface area contributed by atoms with Crippen molar-refractivity contribution >= 4 is 11.9 Å². The lowest BCUT2D eigenvalue weighted by Crippen LogP contribution is -2.14. The van der Waals surface area contributed by atoms with E-state index in [2.05, 4.69) is 19.2 Å². The van der Waals surface area contributed by atoms with Gasteiger partial charge in [0, 0.05) is 12.1 Å². The van der Waals surface area contributed by atoms with E-state index in [0.29, 0.717) is 11.9 Å². The molecular weight excluding hydrogens is 194 g/mol. The third kappa shape index (κ3) is 3.65. The molecule has 0 spiro atoms. The standard InChI is InChI=1S/C11H17NO3/c1-3-4-5-8(2)12-10-7-6-9(15-10)11(13)14/h6-8,12H,3-5H2,1-2H3,(H,13,14). The van der Waals surface area contributed by atoms with Gasteiger partial charge in [-0.25, -0.2) is 4.79 Å². The van der Waals surface area contributed by atoms with Crippen LogP contribution in [-0.4, -0.2) is 17.1 Å². The summed E-state index contributed by atoms with van der Waals surface area (Å²) in [5.41, 5.74) is 0. The Morgan fingerprint density at radius 2 is 2.33 bits per heavy atom. The Balaban J connectivity index is 2.46. The van der Waals surface area contributed by atoms with Crippen molar-refractivity contribution in [3.8, 4) is 0 Å². The van der Waals surface area contributed by atoms with Gasteiger partial charge in [0.05, 0.1) is 0 Å². The minimum Gasteiger partial charge on any atom is -0.475 e. The van der Waals surface area contributed by atoms with Gasteiger partial charge in [-0.15, -0.1) is 0 Å². The third-order valence-electron chi connectivity index (χ3n) is 2.20. The van der Waals surface area contributed by atoms with Crippen LogP contribution >= 0.6 is 0 Å². The Bertz CT molecular complexity index is 319. The second kappa shape index (κ2) is 5.44. The highest BCUT2D eigenvalue weighted by atomic mass is 16.4. The maximum absolute atomic E-state index is 10.6. The highest BCUT2D eigenvalue weighted by Gasteiger charge is 2.10. The van der Waals surface area contributed by atoms with Crippen LogP contribution < -0.4 is 5.32 Å². The fourth-order valence-electron chi connectivity index (χ4n) is 1.36. The van der Waals surface area contributed by atoms with Crippen molar-refractivity contribution in [3.63, 3.8) is 0 Å². The first-order chi connectivity index (χ1) is 7.13. The second-order valence-electron chi connectivity index (χ2n) is 3.66. The highest BCUT2D eigenvalue weighted by Crippen LogP contribution is 2.15. The van der Waals surface area contributed by atoms with E-state index >= 15 is 0 Å². The monoisotopic (exact) mass is 211 g/mol. The molecule has 0 saturated carbocycles. The Morgan fingerprint density at radius 1 is 1.60 bits per heavy atom. The molecule has 1 unspecified atom stereocenters. The van der Waals surface area contributed by atoms with Gasteiger partial charge >= 0.3 is 5.97 Å². The van der Waals surface area contributed by atoms with Crippen LogP contribution in [0.1, 0.15) is 43.7 Å². The van der Waals surface area contributed by atoms with E-state index in [0.717, 1.165) is 19.3 Å². The normalized spacial score (nSPS) is 12.4. The van der Waals surface area contributed by atoms with Crippen LogP contribution in [0.3, 0.4) is 0 Å². The lowest BCUT2D eigenvalue weighted by molar-refractivity contribution is 0.0663. The van der Waals surface area contributed by atoms with E-state index in [-0.39, 0.29) is 5.76 Å². The van der Waals surface area contributed by atoms with Gasteiger partial charge in [-0.1, -0.05) is 19.8 Å². The van der Waals surface area contributed by atoms with E-state index < -0.39 is 5.97 Å². The van der Waals surface area contributed by atoms with E-state index in [9.17, 15) is 4.79 Å². The molecule has 84 valence electrons. The molecule has 2 N–H and O–H groups in total. The van der Waals surface area contributed by atoms with Crippen molar-refractivity contribution in [2.45, 2.75) is 39.2 Å². The summed E-state index contributed by atoms with van der Waals surface area (Å²) < 4.78 is 5.09. The summed E-state index contributed by atoms with van der Waals surface area (Å²) in [7, 11) is 0. The number of carboxylic acids is 1. The molecule has 0 aromatic carbocycles. The van der Waals surface area contributed by atoms with Crippen LogP contribution in [0.15, 0.2) is 16.5 Å². The van der Waals surface area contributed by atoms with Crippen molar-refractivity contribution in [1.82, 2.24) is 0 Å². The Hall–Kier alpha value is -1.45. The number of carbonyl (C=O) groups is 1. The van der Waals surface area contributed by atoms with Gasteiger partial charge < -0.3 is 14.8 Å². The first-order valence-electron chi connectivity index (χ1n) is 5.23. The van der Waals surface area contributed by atoms with Crippen LogP contribution in [0.5, 0.6) is 0 Å². The number of nitrogens with one attached hydrogen (secondary N) is 1. The van der Waals surface area contributed by atoms with Crippen molar-refractivity contribution < 1.29 is 14.3 Å². The third-order valence-corrected chi connectivity index (χ3v) is 2.20. The minimum absolute atomic E-state index is 0.0276. The predicted octanol–water partition coefficient (Wildman–Crippen LogP) is 2.97. The fraction of sp³-hybridized carbons (Fsp3) is 0.545. The molecule has 1 heterocycles. The van der Waals surface area contributed by atoms with E-state index in [1.54, 1.807) is 6.07 Å². The number of anilines is 1. The first-order valence-corrected chi connectivity index (χ1v) is 5.23. The lowest BCUT2D eigenvalue weighted by atomic mass is 10.1. The summed E-state index contributed by atoms with van der Waals surface area (Å²) in [6.45, 7) is 4.20. The fourth-order valence-corrected chi connectivity index (χ4v) is 1.36. The number of rotatable bonds is 6. The maximum Gasteiger partial charge on any atom is 0.371 e. The summed E-state index contributed by atoms with van der Waals surface area (Å²) in [6, 6.07) is 3.40. The molecule has 4 heteroatoms. The molecule has 0 amide bonds. The number of aromatic carboxylic acids is 1. The van der Waals surface area contributed by atoms with Gasteiger partial charge in [0.15, 0.2) is 5.88 Å². The predicted molar refractivity (Wildman–Crippen MR) is 58.3 cm³/mol. The number of furan rings is 1. The summed E-state index contributed by atoms with van der Waals surface area (Å²) in [5, 5.41) is 11.8. The molecule has 1 aromatic rings. The molecule has 0 aliphatic carbocycles. The Morgan fingerprint density at radius 3 is 2.87 bits per heavy atom. The SMILES string of the molecule is CCCCC(C)Nc1ccc(C(=O)O)o1. The van der Waals surface area contributed by atoms with Crippen molar-refractivity contribution in [2.24, 2.45) is 0 Å². The van der Waals surface area contributed by atoms with Gasteiger partial charge in [0.25, 0.3) is 0 Å². The molecule has 0 aliphatic heterocycles. The molecular formula is C11H17NO3. The van der Waals surface area contributed by atoms with Gasteiger partial charge in [0.2, 0.25) is 5.76 Å². The summed E-state index contributed by atoms with van der Waals surface area (Å²) in [4.78, 5) is 10.6. The van der Waals surface area contributed by atoms with E-state index in [4.69, 9.17) is 9.52 Å². The lowest BCUT2D eigenvalue weighted by Gasteiger charge is -2.11. The number of unbranched alkanes of at least 4 members (excludes halogenated alkanes) is 1. The first kappa shape index (κ1) is 11.6. The Kier molecular flexibility index (Phi) is 4.21. The van der Waals surface area contributed by atoms with Gasteiger partial charge in [-0.3, -0.25) is 0 Å². The molecule has 0 fully saturated rings. The smallest absolute Gasteiger partial charge is 0.371 e. The number of hydrogen-bond donors (Lipinski definition) is 2. The van der Waals surface area contributed by atoms with Gasteiger partial charge in [-0.2, -0.15) is 0 Å². The molecule has 1 atom stereocenters. The van der Waals surface area contributed by atoms with Crippen molar-refractivity contribution in [2.75, 3.05) is 5.32 Å². The zero-order valence-corrected chi connectivity index (χ0v) is 9.12. The highest BCUT2D eigenvalue weighted by molar-refractivity contribution is 5.84. The molecule has 0 aliphatic rings. The van der Waals surface area contributed by atoms with Gasteiger partial charge in [0.1, 0.15) is 0 Å². The van der Waals surface area contributed by atoms with Crippen LogP contribution in [0, 0.1) is 0 Å².